The van der Waals surface area contributed by atoms with Crippen LogP contribution in [-0.2, 0) is 9.59 Å². The third kappa shape index (κ3) is 5.06. The Morgan fingerprint density at radius 3 is 2.52 bits per heavy atom. The Kier molecular flexibility index (Phi) is 6.41. The highest BCUT2D eigenvalue weighted by molar-refractivity contribution is 5.85. The number of likely N-dealkylation sites (tertiary alicyclic amines) is 1. The fraction of sp³-hybridized carbons (Fsp3) is 0.381. The zero-order chi connectivity index (χ0) is 19.1. The molecule has 2 heterocycles. The average molecular weight is 367 g/mol. The number of nitrogens with one attached hydrogen (secondary N) is 1. The summed E-state index contributed by atoms with van der Waals surface area (Å²) in [5.41, 5.74) is 1.88. The first-order valence-corrected chi connectivity index (χ1v) is 9.28. The van der Waals surface area contributed by atoms with Gasteiger partial charge in [0, 0.05) is 25.4 Å². The van der Waals surface area contributed by atoms with Crippen molar-refractivity contribution in [2.75, 3.05) is 20.2 Å². The molecule has 6 heteroatoms. The zero-order valence-corrected chi connectivity index (χ0v) is 15.6. The average Bonchev–Trinajstić information content (AvgIpc) is 2.91. The quantitative estimate of drug-likeness (QED) is 0.852. The maximum Gasteiger partial charge on any atom is 0.240 e. The molecule has 0 saturated carbocycles. The minimum atomic E-state index is -0.312. The maximum atomic E-state index is 12.7. The van der Waals surface area contributed by atoms with Crippen LogP contribution in [0.1, 0.15) is 42.9 Å². The first kappa shape index (κ1) is 18.9. The number of hydrogen-bond donors (Lipinski definition) is 1. The smallest absolute Gasteiger partial charge is 0.240 e. The van der Waals surface area contributed by atoms with E-state index in [-0.39, 0.29) is 24.4 Å². The van der Waals surface area contributed by atoms with Crippen LogP contribution in [0.5, 0.6) is 5.75 Å². The standard InChI is InChI=1S/C21H25N3O3/c1-27-18-8-6-16(7-9-18)21(17-10-12-22-13-11-17)23-19(25)15-24-14-4-2-3-5-20(24)26/h6-13,21H,2-5,14-15H2,1H3,(H,23,25). The second-order valence-corrected chi connectivity index (χ2v) is 6.68. The molecule has 1 aromatic heterocycles. The third-order valence-corrected chi connectivity index (χ3v) is 4.80. The van der Waals surface area contributed by atoms with Gasteiger partial charge in [-0.25, -0.2) is 0 Å². The molecule has 0 spiro atoms. The zero-order valence-electron chi connectivity index (χ0n) is 15.6. The van der Waals surface area contributed by atoms with Crippen LogP contribution < -0.4 is 10.1 Å². The van der Waals surface area contributed by atoms with Crippen molar-refractivity contribution in [3.05, 3.63) is 59.9 Å². The van der Waals surface area contributed by atoms with E-state index < -0.39 is 0 Å². The number of carbonyl (C=O) groups is 2. The van der Waals surface area contributed by atoms with E-state index in [0.29, 0.717) is 13.0 Å². The Morgan fingerprint density at radius 1 is 1.11 bits per heavy atom. The number of methoxy groups -OCH3 is 1. The first-order valence-electron chi connectivity index (χ1n) is 9.28. The molecule has 0 bridgehead atoms. The van der Waals surface area contributed by atoms with Gasteiger partial charge in [-0.05, 0) is 48.2 Å². The van der Waals surface area contributed by atoms with Crippen LogP contribution in [0.2, 0.25) is 0 Å². The number of hydrogen-bond acceptors (Lipinski definition) is 4. The lowest BCUT2D eigenvalue weighted by atomic mass is 9.99. The lowest BCUT2D eigenvalue weighted by Gasteiger charge is -2.24. The molecular weight excluding hydrogens is 342 g/mol. The third-order valence-electron chi connectivity index (χ3n) is 4.80. The van der Waals surface area contributed by atoms with E-state index in [2.05, 4.69) is 10.3 Å². The van der Waals surface area contributed by atoms with Crippen LogP contribution in [0.15, 0.2) is 48.8 Å². The molecule has 2 amide bonds. The summed E-state index contributed by atoms with van der Waals surface area (Å²) in [5.74, 6) is 0.657. The second-order valence-electron chi connectivity index (χ2n) is 6.68. The minimum absolute atomic E-state index is 0.0626. The molecule has 1 fully saturated rings. The van der Waals surface area contributed by atoms with Gasteiger partial charge in [0.1, 0.15) is 5.75 Å². The van der Waals surface area contributed by atoms with E-state index in [1.165, 1.54) is 0 Å². The summed E-state index contributed by atoms with van der Waals surface area (Å²) in [4.78, 5) is 30.6. The van der Waals surface area contributed by atoms with Gasteiger partial charge in [0.15, 0.2) is 0 Å². The normalized spacial score (nSPS) is 15.7. The number of amides is 2. The maximum absolute atomic E-state index is 12.7. The van der Waals surface area contributed by atoms with Gasteiger partial charge in [-0.3, -0.25) is 14.6 Å². The fourth-order valence-electron chi connectivity index (χ4n) is 3.30. The van der Waals surface area contributed by atoms with Crippen LogP contribution in [0.25, 0.3) is 0 Å². The lowest BCUT2D eigenvalue weighted by Crippen LogP contribution is -2.41. The van der Waals surface area contributed by atoms with Gasteiger partial charge in [0.2, 0.25) is 11.8 Å². The Morgan fingerprint density at radius 2 is 1.81 bits per heavy atom. The predicted molar refractivity (Wildman–Crippen MR) is 102 cm³/mol. The highest BCUT2D eigenvalue weighted by atomic mass is 16.5. The molecule has 142 valence electrons. The molecule has 1 aliphatic rings. The van der Waals surface area contributed by atoms with Crippen molar-refractivity contribution >= 4 is 11.8 Å². The topological polar surface area (TPSA) is 71.5 Å². The molecule has 0 aliphatic carbocycles. The summed E-state index contributed by atoms with van der Waals surface area (Å²) in [6.45, 7) is 0.741. The van der Waals surface area contributed by atoms with Crippen LogP contribution in [0.4, 0.5) is 0 Å². The molecule has 1 unspecified atom stereocenters. The fourth-order valence-corrected chi connectivity index (χ4v) is 3.30. The van der Waals surface area contributed by atoms with Crippen LogP contribution in [0.3, 0.4) is 0 Å². The lowest BCUT2D eigenvalue weighted by molar-refractivity contribution is -0.135. The van der Waals surface area contributed by atoms with Crippen LogP contribution in [0, 0.1) is 0 Å². The van der Waals surface area contributed by atoms with Gasteiger partial charge in [0.25, 0.3) is 0 Å². The summed E-state index contributed by atoms with van der Waals surface area (Å²) in [6, 6.07) is 11.1. The summed E-state index contributed by atoms with van der Waals surface area (Å²) >= 11 is 0. The van der Waals surface area contributed by atoms with E-state index in [1.807, 2.05) is 36.4 Å². The molecule has 1 aromatic carbocycles. The highest BCUT2D eigenvalue weighted by Crippen LogP contribution is 2.24. The number of benzene rings is 1. The number of nitrogens with zero attached hydrogens (tertiary/aromatic N) is 2. The molecule has 1 atom stereocenters. The van der Waals surface area contributed by atoms with Crippen molar-refractivity contribution in [3.63, 3.8) is 0 Å². The number of ether oxygens (including phenoxy) is 1. The molecule has 3 rings (SSSR count). The van der Waals surface area contributed by atoms with Gasteiger partial charge in [0.05, 0.1) is 19.7 Å². The van der Waals surface area contributed by atoms with Gasteiger partial charge >= 0.3 is 0 Å². The Labute approximate surface area is 159 Å². The first-order chi connectivity index (χ1) is 13.2. The second kappa shape index (κ2) is 9.16. The minimum Gasteiger partial charge on any atom is -0.497 e. The molecule has 0 radical (unpaired) electrons. The molecule has 1 N–H and O–H groups in total. The van der Waals surface area contributed by atoms with E-state index in [0.717, 1.165) is 36.1 Å². The molecule has 1 aliphatic heterocycles. The van der Waals surface area contributed by atoms with E-state index in [9.17, 15) is 9.59 Å². The summed E-state index contributed by atoms with van der Waals surface area (Å²) in [6.07, 6.45) is 6.83. The van der Waals surface area contributed by atoms with Crippen LogP contribution >= 0.6 is 0 Å². The summed E-state index contributed by atoms with van der Waals surface area (Å²) < 4.78 is 5.22. The van der Waals surface area contributed by atoms with Gasteiger partial charge < -0.3 is 15.0 Å². The number of pyridine rings is 1. The van der Waals surface area contributed by atoms with Crippen molar-refractivity contribution in [1.29, 1.82) is 0 Å². The number of aromatic nitrogens is 1. The Bertz CT molecular complexity index is 762. The molecule has 1 saturated heterocycles. The van der Waals surface area contributed by atoms with Crippen molar-refractivity contribution in [3.8, 4) is 5.75 Å². The molecular formula is C21H25N3O3. The Hall–Kier alpha value is -2.89. The number of carbonyl (C=O) groups excluding carboxylic acids is 2. The van der Waals surface area contributed by atoms with Crippen molar-refractivity contribution < 1.29 is 14.3 Å². The highest BCUT2D eigenvalue weighted by Gasteiger charge is 2.22. The van der Waals surface area contributed by atoms with Crippen molar-refractivity contribution in [2.45, 2.75) is 31.7 Å². The monoisotopic (exact) mass is 367 g/mol. The van der Waals surface area contributed by atoms with E-state index in [4.69, 9.17) is 4.74 Å². The summed E-state index contributed by atoms with van der Waals surface area (Å²) in [5, 5.41) is 3.07. The predicted octanol–water partition coefficient (Wildman–Crippen LogP) is 2.70. The van der Waals surface area contributed by atoms with Gasteiger partial charge in [-0.2, -0.15) is 0 Å². The van der Waals surface area contributed by atoms with E-state index >= 15 is 0 Å². The Balaban J connectivity index is 1.76. The number of rotatable bonds is 6. The van der Waals surface area contributed by atoms with Gasteiger partial charge in [-0.1, -0.05) is 18.6 Å². The van der Waals surface area contributed by atoms with Gasteiger partial charge in [-0.15, -0.1) is 0 Å². The van der Waals surface area contributed by atoms with Crippen molar-refractivity contribution in [2.24, 2.45) is 0 Å². The van der Waals surface area contributed by atoms with E-state index in [1.54, 1.807) is 24.4 Å². The SMILES string of the molecule is COc1ccc(C(NC(=O)CN2CCCCCC2=O)c2ccncc2)cc1. The molecule has 6 nitrogen and oxygen atoms in total. The van der Waals surface area contributed by atoms with Crippen molar-refractivity contribution in [1.82, 2.24) is 15.2 Å². The molecule has 2 aromatic rings. The largest absolute Gasteiger partial charge is 0.497 e. The molecule has 27 heavy (non-hydrogen) atoms. The summed E-state index contributed by atoms with van der Waals surface area (Å²) in [7, 11) is 1.62. The van der Waals surface area contributed by atoms with Crippen LogP contribution in [-0.4, -0.2) is 41.9 Å².